The van der Waals surface area contributed by atoms with Crippen LogP contribution in [0.2, 0.25) is 0 Å². The number of furan rings is 1. The molecule has 0 N–H and O–H groups in total. The van der Waals surface area contributed by atoms with Crippen molar-refractivity contribution in [2.75, 3.05) is 24.7 Å². The van der Waals surface area contributed by atoms with E-state index >= 15 is 0 Å². The number of amides is 1. The largest absolute Gasteiger partial charge is 0.484 e. The summed E-state index contributed by atoms with van der Waals surface area (Å²) in [5.74, 6) is 1.75. The van der Waals surface area contributed by atoms with Gasteiger partial charge in [0, 0.05) is 30.0 Å². The molecule has 0 saturated carbocycles. The van der Waals surface area contributed by atoms with Gasteiger partial charge in [-0.15, -0.1) is 0 Å². The molecule has 2 heterocycles. The molecule has 2 aromatic rings. The molecular weight excluding hydrogens is 366 g/mol. The van der Waals surface area contributed by atoms with Crippen molar-refractivity contribution in [1.82, 2.24) is 4.90 Å². The Balaban J connectivity index is 1.45. The van der Waals surface area contributed by atoms with Gasteiger partial charge in [0.05, 0.1) is 11.5 Å². The number of hydrogen-bond acceptors (Lipinski definition) is 5. The molecule has 7 heteroatoms. The molecule has 0 unspecified atom stereocenters. The summed E-state index contributed by atoms with van der Waals surface area (Å²) < 4.78 is 35.1. The molecule has 1 aromatic heterocycles. The molecule has 1 aliphatic carbocycles. The van der Waals surface area contributed by atoms with Crippen molar-refractivity contribution in [2.45, 2.75) is 45.1 Å². The minimum absolute atomic E-state index is 0.0553. The van der Waals surface area contributed by atoms with E-state index in [1.54, 1.807) is 4.90 Å². The molecule has 2 aliphatic rings. The molecule has 1 amide bonds. The zero-order valence-corrected chi connectivity index (χ0v) is 16.4. The molecule has 1 aliphatic heterocycles. The molecule has 27 heavy (non-hydrogen) atoms. The van der Waals surface area contributed by atoms with Gasteiger partial charge < -0.3 is 14.1 Å². The number of hydrogen-bond donors (Lipinski definition) is 0. The molecule has 1 fully saturated rings. The van der Waals surface area contributed by atoms with Gasteiger partial charge in [-0.3, -0.25) is 4.79 Å². The maximum Gasteiger partial charge on any atom is 0.260 e. The average Bonchev–Trinajstić information content (AvgIpc) is 3.20. The summed E-state index contributed by atoms with van der Waals surface area (Å²) in [5, 5.41) is 1.07. The van der Waals surface area contributed by atoms with E-state index in [2.05, 4.69) is 0 Å². The van der Waals surface area contributed by atoms with Gasteiger partial charge in [-0.05, 0) is 50.8 Å². The van der Waals surface area contributed by atoms with Crippen LogP contribution in [0.15, 0.2) is 22.6 Å². The van der Waals surface area contributed by atoms with Crippen molar-refractivity contribution >= 4 is 26.7 Å². The van der Waals surface area contributed by atoms with Crippen LogP contribution in [0.1, 0.15) is 37.5 Å². The minimum Gasteiger partial charge on any atom is -0.484 e. The van der Waals surface area contributed by atoms with E-state index in [-0.39, 0.29) is 30.1 Å². The lowest BCUT2D eigenvalue weighted by Gasteiger charge is -2.26. The van der Waals surface area contributed by atoms with E-state index in [4.69, 9.17) is 9.15 Å². The van der Waals surface area contributed by atoms with Crippen LogP contribution in [-0.4, -0.2) is 49.9 Å². The standard InChI is InChI=1S/C20H25NO5S/c1-2-21(14-9-10-27(23,24)13-14)20(22)12-25-15-7-8-19-17(11-15)16-5-3-4-6-18(16)26-19/h7-8,11,14H,2-6,9-10,12-13H2,1H3/t14-/m0/s1. The Bertz CT molecular complexity index is 962. The van der Waals surface area contributed by atoms with Crippen LogP contribution in [-0.2, 0) is 27.5 Å². The Morgan fingerprint density at radius 1 is 1.30 bits per heavy atom. The molecule has 0 radical (unpaired) electrons. The van der Waals surface area contributed by atoms with Crippen molar-refractivity contribution in [1.29, 1.82) is 0 Å². The summed E-state index contributed by atoms with van der Waals surface area (Å²) in [6.07, 6.45) is 4.84. The summed E-state index contributed by atoms with van der Waals surface area (Å²) in [4.78, 5) is 14.2. The van der Waals surface area contributed by atoms with Crippen LogP contribution in [0.4, 0.5) is 0 Å². The minimum atomic E-state index is -3.02. The Morgan fingerprint density at radius 3 is 2.85 bits per heavy atom. The van der Waals surface area contributed by atoms with Crippen LogP contribution in [0.5, 0.6) is 5.75 Å². The molecule has 1 saturated heterocycles. The third-order valence-electron chi connectivity index (χ3n) is 5.60. The highest BCUT2D eigenvalue weighted by Gasteiger charge is 2.34. The fourth-order valence-corrected chi connectivity index (χ4v) is 5.95. The first-order valence-electron chi connectivity index (χ1n) is 9.64. The highest BCUT2D eigenvalue weighted by atomic mass is 32.2. The molecule has 146 valence electrons. The quantitative estimate of drug-likeness (QED) is 0.783. The Hall–Kier alpha value is -2.02. The van der Waals surface area contributed by atoms with Crippen LogP contribution >= 0.6 is 0 Å². The van der Waals surface area contributed by atoms with Crippen LogP contribution in [0.3, 0.4) is 0 Å². The van der Waals surface area contributed by atoms with E-state index in [0.717, 1.165) is 36.0 Å². The third-order valence-corrected chi connectivity index (χ3v) is 7.35. The average molecular weight is 391 g/mol. The predicted molar refractivity (Wildman–Crippen MR) is 103 cm³/mol. The van der Waals surface area contributed by atoms with Crippen molar-refractivity contribution in [3.8, 4) is 5.75 Å². The number of ether oxygens (including phenoxy) is 1. The lowest BCUT2D eigenvalue weighted by atomic mass is 9.96. The topological polar surface area (TPSA) is 76.8 Å². The van der Waals surface area contributed by atoms with Gasteiger partial charge >= 0.3 is 0 Å². The van der Waals surface area contributed by atoms with Crippen molar-refractivity contribution < 1.29 is 22.4 Å². The van der Waals surface area contributed by atoms with Gasteiger partial charge in [-0.1, -0.05) is 0 Å². The first kappa shape index (κ1) is 18.3. The predicted octanol–water partition coefficient (Wildman–Crippen LogP) is 2.73. The molecule has 4 rings (SSSR count). The molecule has 6 nitrogen and oxygen atoms in total. The van der Waals surface area contributed by atoms with E-state index in [9.17, 15) is 13.2 Å². The van der Waals surface area contributed by atoms with E-state index in [0.29, 0.717) is 18.7 Å². The van der Waals surface area contributed by atoms with Crippen molar-refractivity contribution in [3.63, 3.8) is 0 Å². The number of rotatable bonds is 5. The number of sulfone groups is 1. The number of carbonyl (C=O) groups excluding carboxylic acids is 1. The highest BCUT2D eigenvalue weighted by molar-refractivity contribution is 7.91. The van der Waals surface area contributed by atoms with Gasteiger partial charge in [0.25, 0.3) is 5.91 Å². The van der Waals surface area contributed by atoms with Gasteiger partial charge in [0.1, 0.15) is 17.1 Å². The van der Waals surface area contributed by atoms with E-state index < -0.39 is 9.84 Å². The summed E-state index contributed by atoms with van der Waals surface area (Å²) in [6, 6.07) is 5.43. The van der Waals surface area contributed by atoms with Crippen LogP contribution < -0.4 is 4.74 Å². The lowest BCUT2D eigenvalue weighted by Crippen LogP contribution is -2.43. The van der Waals surface area contributed by atoms with Crippen molar-refractivity contribution in [3.05, 3.63) is 29.5 Å². The summed E-state index contributed by atoms with van der Waals surface area (Å²) >= 11 is 0. The van der Waals surface area contributed by atoms with Gasteiger partial charge in [-0.2, -0.15) is 0 Å². The monoisotopic (exact) mass is 391 g/mol. The number of benzene rings is 1. The normalized spacial score (nSPS) is 21.1. The van der Waals surface area contributed by atoms with E-state index in [1.165, 1.54) is 12.0 Å². The zero-order valence-electron chi connectivity index (χ0n) is 15.6. The second-order valence-corrected chi connectivity index (χ2v) is 9.62. The third kappa shape index (κ3) is 3.70. The molecule has 1 aromatic carbocycles. The molecule has 1 atom stereocenters. The lowest BCUT2D eigenvalue weighted by molar-refractivity contribution is -0.135. The Morgan fingerprint density at radius 2 is 2.11 bits per heavy atom. The van der Waals surface area contributed by atoms with Gasteiger partial charge in [-0.25, -0.2) is 8.42 Å². The first-order valence-corrected chi connectivity index (χ1v) is 11.5. The number of aryl methyl sites for hydroxylation is 2. The van der Waals surface area contributed by atoms with Gasteiger partial charge in [0.2, 0.25) is 0 Å². The SMILES string of the molecule is CCN(C(=O)COc1ccc2oc3c(c2c1)CCCC3)[C@H]1CCS(=O)(=O)C1. The summed E-state index contributed by atoms with van der Waals surface area (Å²) in [5.41, 5.74) is 2.13. The number of nitrogens with zero attached hydrogens (tertiary/aromatic N) is 1. The summed E-state index contributed by atoms with van der Waals surface area (Å²) in [7, 11) is -3.02. The van der Waals surface area contributed by atoms with Gasteiger partial charge in [0.15, 0.2) is 16.4 Å². The Kier molecular flexibility index (Phi) is 4.88. The maximum absolute atomic E-state index is 12.6. The number of carbonyl (C=O) groups is 1. The molecular formula is C20H25NO5S. The molecule has 0 bridgehead atoms. The second kappa shape index (κ2) is 7.19. The van der Waals surface area contributed by atoms with E-state index in [1.807, 2.05) is 25.1 Å². The number of fused-ring (bicyclic) bond motifs is 3. The fraction of sp³-hybridized carbons (Fsp3) is 0.550. The summed E-state index contributed by atoms with van der Waals surface area (Å²) in [6.45, 7) is 2.26. The van der Waals surface area contributed by atoms with Crippen LogP contribution in [0, 0.1) is 0 Å². The fourth-order valence-electron chi connectivity index (χ4n) is 4.22. The Labute approximate surface area is 159 Å². The highest BCUT2D eigenvalue weighted by Crippen LogP contribution is 2.34. The maximum atomic E-state index is 12.6. The second-order valence-electron chi connectivity index (χ2n) is 7.39. The number of likely N-dealkylation sites (N-methyl/N-ethyl adjacent to an activating group) is 1. The smallest absolute Gasteiger partial charge is 0.260 e. The van der Waals surface area contributed by atoms with Crippen molar-refractivity contribution in [2.24, 2.45) is 0 Å². The van der Waals surface area contributed by atoms with Crippen LogP contribution in [0.25, 0.3) is 11.0 Å². The molecule has 0 spiro atoms. The zero-order chi connectivity index (χ0) is 19.0. The first-order chi connectivity index (χ1) is 13.0.